The summed E-state index contributed by atoms with van der Waals surface area (Å²) in [6.07, 6.45) is 0.0483. The van der Waals surface area contributed by atoms with Crippen molar-refractivity contribution in [1.82, 2.24) is 4.98 Å². The first-order valence-corrected chi connectivity index (χ1v) is 6.65. The van der Waals surface area contributed by atoms with Gasteiger partial charge >= 0.3 is 0 Å². The van der Waals surface area contributed by atoms with Gasteiger partial charge in [-0.15, -0.1) is 0 Å². The maximum atomic E-state index is 13.9. The zero-order valence-corrected chi connectivity index (χ0v) is 11.6. The van der Waals surface area contributed by atoms with Crippen LogP contribution in [0.15, 0.2) is 36.4 Å². The van der Waals surface area contributed by atoms with E-state index in [2.05, 4.69) is 4.98 Å². The largest absolute Gasteiger partial charge is 0.507 e. The molecule has 0 bridgehead atoms. The first-order valence-electron chi connectivity index (χ1n) is 6.65. The number of halogens is 3. The van der Waals surface area contributed by atoms with Crippen LogP contribution in [0.3, 0.4) is 0 Å². The molecule has 0 atom stereocenters. The molecule has 0 radical (unpaired) electrons. The molecule has 0 fully saturated rings. The van der Waals surface area contributed by atoms with Gasteiger partial charge in [-0.3, -0.25) is 0 Å². The lowest BCUT2D eigenvalue weighted by atomic mass is 10.0. The molecule has 3 rings (SSSR count). The Morgan fingerprint density at radius 1 is 0.957 bits per heavy atom. The summed E-state index contributed by atoms with van der Waals surface area (Å²) >= 11 is 0. The van der Waals surface area contributed by atoms with Crippen molar-refractivity contribution in [3.05, 3.63) is 70.8 Å². The van der Waals surface area contributed by atoms with E-state index in [1.165, 1.54) is 18.2 Å². The Kier molecular flexibility index (Phi) is 3.62. The van der Waals surface area contributed by atoms with Crippen molar-refractivity contribution in [2.24, 2.45) is 0 Å². The minimum Gasteiger partial charge on any atom is -0.507 e. The summed E-state index contributed by atoms with van der Waals surface area (Å²) in [5, 5.41) is 18.8. The van der Waals surface area contributed by atoms with Gasteiger partial charge < -0.3 is 5.11 Å². The van der Waals surface area contributed by atoms with Gasteiger partial charge in [0.25, 0.3) is 0 Å². The SMILES string of the molecule is N#Cc1nc(Cc2ccc3c(F)ccc(F)c3c2O)ccc1F. The van der Waals surface area contributed by atoms with E-state index in [9.17, 15) is 18.3 Å². The summed E-state index contributed by atoms with van der Waals surface area (Å²) in [6, 6.07) is 8.80. The summed E-state index contributed by atoms with van der Waals surface area (Å²) in [4.78, 5) is 3.83. The molecule has 3 aromatic rings. The van der Waals surface area contributed by atoms with Crippen molar-refractivity contribution in [3.63, 3.8) is 0 Å². The first-order chi connectivity index (χ1) is 11.0. The van der Waals surface area contributed by atoms with Gasteiger partial charge in [-0.05, 0) is 24.3 Å². The number of phenols is 1. The molecule has 0 aliphatic carbocycles. The van der Waals surface area contributed by atoms with Crippen molar-refractivity contribution in [1.29, 1.82) is 5.26 Å². The fraction of sp³-hybridized carbons (Fsp3) is 0.0588. The molecule has 23 heavy (non-hydrogen) atoms. The molecule has 6 heteroatoms. The van der Waals surface area contributed by atoms with E-state index in [1.807, 2.05) is 0 Å². The minimum atomic E-state index is -0.745. The van der Waals surface area contributed by atoms with Crippen LogP contribution in [0.4, 0.5) is 13.2 Å². The molecule has 3 nitrogen and oxygen atoms in total. The van der Waals surface area contributed by atoms with Gasteiger partial charge in [0.05, 0.1) is 5.39 Å². The molecule has 0 amide bonds. The molecule has 1 N–H and O–H groups in total. The van der Waals surface area contributed by atoms with E-state index in [4.69, 9.17) is 5.26 Å². The third-order valence-electron chi connectivity index (χ3n) is 3.51. The predicted octanol–water partition coefficient (Wildman–Crippen LogP) is 3.82. The van der Waals surface area contributed by atoms with Crippen LogP contribution in [-0.2, 0) is 6.42 Å². The third kappa shape index (κ3) is 2.57. The van der Waals surface area contributed by atoms with Crippen molar-refractivity contribution in [2.75, 3.05) is 0 Å². The van der Waals surface area contributed by atoms with Crippen molar-refractivity contribution in [2.45, 2.75) is 6.42 Å². The normalized spacial score (nSPS) is 10.7. The second kappa shape index (κ2) is 5.61. The van der Waals surface area contributed by atoms with E-state index in [-0.39, 0.29) is 22.9 Å². The van der Waals surface area contributed by atoms with Crippen LogP contribution in [0.25, 0.3) is 10.8 Å². The Morgan fingerprint density at radius 3 is 2.39 bits per heavy atom. The maximum absolute atomic E-state index is 13.9. The number of aromatic nitrogens is 1. The third-order valence-corrected chi connectivity index (χ3v) is 3.51. The Balaban J connectivity index is 2.10. The van der Waals surface area contributed by atoms with Crippen molar-refractivity contribution < 1.29 is 18.3 Å². The van der Waals surface area contributed by atoms with Crippen LogP contribution in [0.5, 0.6) is 5.75 Å². The van der Waals surface area contributed by atoms with Crippen LogP contribution in [0.1, 0.15) is 17.0 Å². The number of hydrogen-bond donors (Lipinski definition) is 1. The Morgan fingerprint density at radius 2 is 1.65 bits per heavy atom. The number of rotatable bonds is 2. The van der Waals surface area contributed by atoms with Gasteiger partial charge in [0.15, 0.2) is 11.5 Å². The van der Waals surface area contributed by atoms with Crippen LogP contribution >= 0.6 is 0 Å². The Hall–Kier alpha value is -3.07. The lowest BCUT2D eigenvalue weighted by Gasteiger charge is -2.09. The smallest absolute Gasteiger partial charge is 0.176 e. The summed E-state index contributed by atoms with van der Waals surface area (Å²) < 4.78 is 40.8. The zero-order chi connectivity index (χ0) is 16.6. The van der Waals surface area contributed by atoms with E-state index < -0.39 is 23.2 Å². The van der Waals surface area contributed by atoms with Gasteiger partial charge in [-0.25, -0.2) is 18.2 Å². The molecule has 1 aromatic heterocycles. The molecule has 2 aromatic carbocycles. The number of phenolic OH excluding ortho intramolecular Hbond substituents is 1. The molecular formula is C17H9F3N2O. The van der Waals surface area contributed by atoms with Crippen LogP contribution in [-0.4, -0.2) is 10.1 Å². The fourth-order valence-corrected chi connectivity index (χ4v) is 2.39. The highest BCUT2D eigenvalue weighted by molar-refractivity contribution is 5.90. The zero-order valence-electron chi connectivity index (χ0n) is 11.6. The summed E-state index contributed by atoms with van der Waals surface area (Å²) in [6.45, 7) is 0. The lowest BCUT2D eigenvalue weighted by Crippen LogP contribution is -1.98. The number of fused-ring (bicyclic) bond motifs is 1. The van der Waals surface area contributed by atoms with Gasteiger partial charge in [0.2, 0.25) is 0 Å². The average molecular weight is 314 g/mol. The molecule has 0 spiro atoms. The monoisotopic (exact) mass is 314 g/mol. The topological polar surface area (TPSA) is 56.9 Å². The number of pyridine rings is 1. The highest BCUT2D eigenvalue weighted by Gasteiger charge is 2.15. The van der Waals surface area contributed by atoms with Crippen molar-refractivity contribution >= 4 is 10.8 Å². The highest BCUT2D eigenvalue weighted by Crippen LogP contribution is 2.33. The molecular weight excluding hydrogens is 305 g/mol. The fourth-order valence-electron chi connectivity index (χ4n) is 2.39. The summed E-state index contributed by atoms with van der Waals surface area (Å²) in [7, 11) is 0. The molecule has 0 saturated carbocycles. The van der Waals surface area contributed by atoms with Crippen molar-refractivity contribution in [3.8, 4) is 11.8 Å². The number of nitriles is 1. The Labute approximate surface area is 129 Å². The van der Waals surface area contributed by atoms with E-state index in [0.29, 0.717) is 11.3 Å². The number of hydrogen-bond acceptors (Lipinski definition) is 3. The lowest BCUT2D eigenvalue weighted by molar-refractivity contribution is 0.472. The molecule has 114 valence electrons. The Bertz CT molecular complexity index is 964. The highest BCUT2D eigenvalue weighted by atomic mass is 19.1. The average Bonchev–Trinajstić information content (AvgIpc) is 2.54. The van der Waals surface area contributed by atoms with E-state index in [0.717, 1.165) is 18.2 Å². The minimum absolute atomic E-state index is 0.0315. The molecule has 0 saturated heterocycles. The number of benzene rings is 2. The number of aromatic hydroxyl groups is 1. The molecule has 0 aliphatic rings. The van der Waals surface area contributed by atoms with Crippen LogP contribution in [0.2, 0.25) is 0 Å². The van der Waals surface area contributed by atoms with E-state index >= 15 is 0 Å². The molecule has 0 aliphatic heterocycles. The predicted molar refractivity (Wildman–Crippen MR) is 77.2 cm³/mol. The first kappa shape index (κ1) is 14.9. The van der Waals surface area contributed by atoms with Gasteiger partial charge in [-0.2, -0.15) is 5.26 Å². The quantitative estimate of drug-likeness (QED) is 0.782. The van der Waals surface area contributed by atoms with Crippen LogP contribution in [0, 0.1) is 28.8 Å². The standard InChI is InChI=1S/C17H9F3N2O/c18-12-5-6-14(20)16-11(12)3-1-9(17(16)23)7-10-2-4-13(19)15(8-21)22-10/h1-6,23H,7H2. The molecule has 0 unspecified atom stereocenters. The maximum Gasteiger partial charge on any atom is 0.176 e. The van der Waals surface area contributed by atoms with Gasteiger partial charge in [0.1, 0.15) is 23.5 Å². The summed E-state index contributed by atoms with van der Waals surface area (Å²) in [5.41, 5.74) is 0.263. The van der Waals surface area contributed by atoms with Gasteiger partial charge in [0, 0.05) is 23.1 Å². The summed E-state index contributed by atoms with van der Waals surface area (Å²) in [5.74, 6) is -2.53. The van der Waals surface area contributed by atoms with E-state index in [1.54, 1.807) is 6.07 Å². The molecule has 1 heterocycles. The number of nitrogens with zero attached hydrogens (tertiary/aromatic N) is 2. The van der Waals surface area contributed by atoms with Gasteiger partial charge in [-0.1, -0.05) is 12.1 Å². The van der Waals surface area contributed by atoms with Crippen LogP contribution < -0.4 is 0 Å². The second-order valence-corrected chi connectivity index (χ2v) is 4.95. The second-order valence-electron chi connectivity index (χ2n) is 4.95.